The highest BCUT2D eigenvalue weighted by Gasteiger charge is 2.27. The fourth-order valence-electron chi connectivity index (χ4n) is 4.74. The Morgan fingerprint density at radius 1 is 1.05 bits per heavy atom. The summed E-state index contributed by atoms with van der Waals surface area (Å²) in [6, 6.07) is 5.76. The Morgan fingerprint density at radius 3 is 2.51 bits per heavy atom. The highest BCUT2D eigenvalue weighted by atomic mass is 16.5. The SMILES string of the molecule is CCOC(=O)N[C@H]1CC[C@H](NC(=O)c2c[nH]c3c(-c4ccc(OC)cc4OCC4CC4)ncnc23)CC1. The lowest BCUT2D eigenvalue weighted by atomic mass is 9.91. The zero-order chi connectivity index (χ0) is 25.8. The summed E-state index contributed by atoms with van der Waals surface area (Å²) in [4.78, 5) is 37.0. The van der Waals surface area contributed by atoms with E-state index in [1.807, 2.05) is 18.2 Å². The van der Waals surface area contributed by atoms with Crippen LogP contribution in [0.3, 0.4) is 0 Å². The van der Waals surface area contributed by atoms with Crippen molar-refractivity contribution in [3.8, 4) is 22.8 Å². The van der Waals surface area contributed by atoms with Gasteiger partial charge in [-0.1, -0.05) is 0 Å². The molecule has 2 aromatic heterocycles. The molecule has 2 fully saturated rings. The van der Waals surface area contributed by atoms with Crippen LogP contribution in [0.5, 0.6) is 11.5 Å². The van der Waals surface area contributed by atoms with Crippen molar-refractivity contribution in [2.24, 2.45) is 5.92 Å². The molecule has 0 atom stereocenters. The van der Waals surface area contributed by atoms with Crippen LogP contribution >= 0.6 is 0 Å². The number of nitrogens with one attached hydrogen (secondary N) is 3. The standard InChI is InChI=1S/C27H33N5O5/c1-3-36-27(34)32-18-8-6-17(7-9-18)31-26(33)21-13-28-25-23(29-15-30-24(21)25)20-11-10-19(35-2)12-22(20)37-14-16-4-5-16/h10-13,15-18,28H,3-9,14H2,1-2H3,(H,31,33)(H,32,34)/t17-,18-. The lowest BCUT2D eigenvalue weighted by molar-refractivity contribution is 0.0923. The van der Waals surface area contributed by atoms with Crippen LogP contribution in [0.1, 0.15) is 55.8 Å². The molecule has 2 amide bonds. The van der Waals surface area contributed by atoms with Gasteiger partial charge in [-0.05, 0) is 63.5 Å². The molecule has 0 unspecified atom stereocenters. The van der Waals surface area contributed by atoms with E-state index in [0.717, 1.165) is 31.2 Å². The monoisotopic (exact) mass is 507 g/mol. The van der Waals surface area contributed by atoms with Crippen LogP contribution < -0.4 is 20.1 Å². The maximum Gasteiger partial charge on any atom is 0.407 e. The number of rotatable bonds is 9. The molecule has 10 heteroatoms. The van der Waals surface area contributed by atoms with E-state index in [1.165, 1.54) is 19.2 Å². The molecule has 10 nitrogen and oxygen atoms in total. The molecule has 0 aliphatic heterocycles. The molecule has 2 heterocycles. The number of H-pyrrole nitrogens is 1. The first-order valence-corrected chi connectivity index (χ1v) is 12.9. The molecular weight excluding hydrogens is 474 g/mol. The van der Waals surface area contributed by atoms with Crippen molar-refractivity contribution in [2.45, 2.75) is 57.5 Å². The number of benzene rings is 1. The molecule has 2 aliphatic carbocycles. The number of aromatic nitrogens is 3. The number of hydrogen-bond acceptors (Lipinski definition) is 7. The van der Waals surface area contributed by atoms with Gasteiger partial charge >= 0.3 is 6.09 Å². The summed E-state index contributed by atoms with van der Waals surface area (Å²) >= 11 is 0. The molecular formula is C27H33N5O5. The summed E-state index contributed by atoms with van der Waals surface area (Å²) in [5.74, 6) is 1.82. The number of nitrogens with zero attached hydrogens (tertiary/aromatic N) is 2. The van der Waals surface area contributed by atoms with Gasteiger partial charge in [0, 0.05) is 29.9 Å². The van der Waals surface area contributed by atoms with Crippen LogP contribution in [0.2, 0.25) is 0 Å². The van der Waals surface area contributed by atoms with E-state index < -0.39 is 0 Å². The second kappa shape index (κ2) is 11.1. The molecule has 0 radical (unpaired) electrons. The van der Waals surface area contributed by atoms with Crippen LogP contribution in [0.15, 0.2) is 30.7 Å². The lowest BCUT2D eigenvalue weighted by Gasteiger charge is -2.29. The summed E-state index contributed by atoms with van der Waals surface area (Å²) < 4.78 is 16.5. The predicted octanol–water partition coefficient (Wildman–Crippen LogP) is 4.21. The normalized spacial score (nSPS) is 19.3. The summed E-state index contributed by atoms with van der Waals surface area (Å²) in [5, 5.41) is 6.02. The smallest absolute Gasteiger partial charge is 0.407 e. The number of amides is 2. The number of fused-ring (bicyclic) bond motifs is 1. The maximum absolute atomic E-state index is 13.2. The van der Waals surface area contributed by atoms with E-state index in [9.17, 15) is 9.59 Å². The van der Waals surface area contributed by atoms with Crippen molar-refractivity contribution in [2.75, 3.05) is 20.3 Å². The fraction of sp³-hybridized carbons (Fsp3) is 0.481. The highest BCUT2D eigenvalue weighted by molar-refractivity contribution is 6.08. The first-order chi connectivity index (χ1) is 18.1. The van der Waals surface area contributed by atoms with Gasteiger partial charge in [0.2, 0.25) is 0 Å². The molecule has 3 aromatic rings. The van der Waals surface area contributed by atoms with Crippen molar-refractivity contribution in [3.63, 3.8) is 0 Å². The zero-order valence-corrected chi connectivity index (χ0v) is 21.2. The van der Waals surface area contributed by atoms with Crippen molar-refractivity contribution in [1.82, 2.24) is 25.6 Å². The third kappa shape index (κ3) is 5.79. The summed E-state index contributed by atoms with van der Waals surface area (Å²) in [5.41, 5.74) is 3.19. The van der Waals surface area contributed by atoms with Gasteiger partial charge in [0.15, 0.2) is 0 Å². The minimum atomic E-state index is -0.387. The molecule has 1 aromatic carbocycles. The van der Waals surface area contributed by atoms with Crippen LogP contribution in [0.25, 0.3) is 22.3 Å². The van der Waals surface area contributed by atoms with E-state index in [2.05, 4.69) is 25.6 Å². The van der Waals surface area contributed by atoms with E-state index in [1.54, 1.807) is 20.2 Å². The quantitative estimate of drug-likeness (QED) is 0.396. The Morgan fingerprint density at radius 2 is 1.81 bits per heavy atom. The molecule has 5 rings (SSSR count). The third-order valence-electron chi connectivity index (χ3n) is 6.98. The average Bonchev–Trinajstić information content (AvgIpc) is 3.64. The summed E-state index contributed by atoms with van der Waals surface area (Å²) in [6.07, 6.45) is 8.27. The Labute approximate surface area is 215 Å². The molecule has 2 aliphatic rings. The van der Waals surface area contributed by atoms with Crippen molar-refractivity contribution in [3.05, 3.63) is 36.3 Å². The molecule has 0 bridgehead atoms. The van der Waals surface area contributed by atoms with Crippen LogP contribution in [0, 0.1) is 5.92 Å². The van der Waals surface area contributed by atoms with Gasteiger partial charge in [-0.3, -0.25) is 4.79 Å². The number of hydrogen-bond donors (Lipinski definition) is 3. The number of aromatic amines is 1. The number of ether oxygens (including phenoxy) is 3. The highest BCUT2D eigenvalue weighted by Crippen LogP contribution is 2.37. The molecule has 196 valence electrons. The number of methoxy groups -OCH3 is 1. The zero-order valence-electron chi connectivity index (χ0n) is 21.2. The Balaban J connectivity index is 1.30. The second-order valence-corrected chi connectivity index (χ2v) is 9.65. The van der Waals surface area contributed by atoms with Gasteiger partial charge in [-0.15, -0.1) is 0 Å². The first-order valence-electron chi connectivity index (χ1n) is 12.9. The lowest BCUT2D eigenvalue weighted by Crippen LogP contribution is -2.43. The Kier molecular flexibility index (Phi) is 7.43. The van der Waals surface area contributed by atoms with Crippen LogP contribution in [0.4, 0.5) is 4.79 Å². The average molecular weight is 508 g/mol. The molecule has 0 spiro atoms. The van der Waals surface area contributed by atoms with E-state index >= 15 is 0 Å². The van der Waals surface area contributed by atoms with E-state index in [4.69, 9.17) is 14.2 Å². The van der Waals surface area contributed by atoms with Crippen LogP contribution in [-0.2, 0) is 4.74 Å². The largest absolute Gasteiger partial charge is 0.497 e. The van der Waals surface area contributed by atoms with Gasteiger partial charge in [0.05, 0.1) is 31.4 Å². The third-order valence-corrected chi connectivity index (χ3v) is 6.98. The topological polar surface area (TPSA) is 127 Å². The minimum Gasteiger partial charge on any atom is -0.497 e. The van der Waals surface area contributed by atoms with Gasteiger partial charge in [0.25, 0.3) is 5.91 Å². The Bertz CT molecular complexity index is 1260. The van der Waals surface area contributed by atoms with E-state index in [0.29, 0.717) is 52.9 Å². The molecule has 37 heavy (non-hydrogen) atoms. The summed E-state index contributed by atoms with van der Waals surface area (Å²) in [6.45, 7) is 2.79. The molecule has 2 saturated carbocycles. The predicted molar refractivity (Wildman–Crippen MR) is 138 cm³/mol. The maximum atomic E-state index is 13.2. The van der Waals surface area contributed by atoms with Gasteiger partial charge in [0.1, 0.15) is 29.0 Å². The number of alkyl carbamates (subject to hydrolysis) is 1. The first kappa shape index (κ1) is 24.9. The van der Waals surface area contributed by atoms with Gasteiger partial charge in [-0.2, -0.15) is 0 Å². The van der Waals surface area contributed by atoms with E-state index in [-0.39, 0.29) is 24.1 Å². The molecule has 0 saturated heterocycles. The Hall–Kier alpha value is -3.82. The van der Waals surface area contributed by atoms with Gasteiger partial charge < -0.3 is 29.8 Å². The number of carbonyl (C=O) groups excluding carboxylic acids is 2. The second-order valence-electron chi connectivity index (χ2n) is 9.65. The van der Waals surface area contributed by atoms with Crippen molar-refractivity contribution in [1.29, 1.82) is 0 Å². The summed E-state index contributed by atoms with van der Waals surface area (Å²) in [7, 11) is 1.63. The van der Waals surface area contributed by atoms with Crippen molar-refractivity contribution >= 4 is 23.0 Å². The minimum absolute atomic E-state index is 0.0306. The molecule has 3 N–H and O–H groups in total. The number of carbonyl (C=O) groups is 2. The fourth-order valence-corrected chi connectivity index (χ4v) is 4.74. The van der Waals surface area contributed by atoms with Crippen molar-refractivity contribution < 1.29 is 23.8 Å². The van der Waals surface area contributed by atoms with Gasteiger partial charge in [-0.25, -0.2) is 14.8 Å². The van der Waals surface area contributed by atoms with Crippen LogP contribution in [-0.4, -0.2) is 59.4 Å².